The molecule has 2 aromatic carbocycles. The highest BCUT2D eigenvalue weighted by atomic mass is 35.5. The topological polar surface area (TPSA) is 66.5 Å². The molecule has 35 heavy (non-hydrogen) atoms. The van der Waals surface area contributed by atoms with Crippen molar-refractivity contribution >= 4 is 40.3 Å². The van der Waals surface area contributed by atoms with Crippen molar-refractivity contribution in [1.82, 2.24) is 4.90 Å². The second-order valence-corrected chi connectivity index (χ2v) is 10.1. The van der Waals surface area contributed by atoms with Gasteiger partial charge in [-0.1, -0.05) is 29.8 Å². The van der Waals surface area contributed by atoms with Crippen molar-refractivity contribution < 1.29 is 18.8 Å². The zero-order valence-corrected chi connectivity index (χ0v) is 20.5. The molecule has 1 N–H and O–H groups in total. The Balaban J connectivity index is 1.52. The lowest BCUT2D eigenvalue weighted by Gasteiger charge is -2.24. The molecule has 0 spiro atoms. The summed E-state index contributed by atoms with van der Waals surface area (Å²) in [6.07, 6.45) is 4.69. The Kier molecular flexibility index (Phi) is 6.49. The molecule has 182 valence electrons. The summed E-state index contributed by atoms with van der Waals surface area (Å²) in [6, 6.07) is 8.71. The number of Topliss-reactive ketones (excluding diaryl/α,β-unsaturated/α-hetero) is 2. The molecule has 0 saturated carbocycles. The number of hydrogen-bond acceptors (Lipinski definition) is 4. The van der Waals surface area contributed by atoms with Gasteiger partial charge in [-0.3, -0.25) is 14.4 Å². The summed E-state index contributed by atoms with van der Waals surface area (Å²) < 4.78 is 14.8. The molecule has 5 nitrogen and oxygen atoms in total. The van der Waals surface area contributed by atoms with E-state index in [1.807, 2.05) is 24.3 Å². The number of allylic oxidation sites excluding steroid dienone is 1. The van der Waals surface area contributed by atoms with Crippen LogP contribution in [0, 0.1) is 5.82 Å². The summed E-state index contributed by atoms with van der Waals surface area (Å²) in [6.45, 7) is 2.75. The average molecular weight is 495 g/mol. The summed E-state index contributed by atoms with van der Waals surface area (Å²) in [4.78, 5) is 40.6. The van der Waals surface area contributed by atoms with Crippen LogP contribution in [0.3, 0.4) is 0 Å². The molecular weight excluding hydrogens is 467 g/mol. The van der Waals surface area contributed by atoms with Crippen molar-refractivity contribution in [3.63, 3.8) is 0 Å². The highest BCUT2D eigenvalue weighted by Crippen LogP contribution is 2.40. The Morgan fingerprint density at radius 2 is 1.97 bits per heavy atom. The van der Waals surface area contributed by atoms with Gasteiger partial charge >= 0.3 is 0 Å². The first kappa shape index (κ1) is 23.7. The van der Waals surface area contributed by atoms with Gasteiger partial charge in [0, 0.05) is 25.2 Å². The number of carbonyl (C=O) groups excluding carboxylic acids is 3. The molecule has 2 aromatic rings. The largest absolute Gasteiger partial charge is 0.385 e. The first-order valence-electron chi connectivity index (χ1n) is 12.2. The average Bonchev–Trinajstić information content (AvgIpc) is 3.45. The van der Waals surface area contributed by atoms with Gasteiger partial charge in [-0.2, -0.15) is 0 Å². The predicted molar refractivity (Wildman–Crippen MR) is 134 cm³/mol. The first-order chi connectivity index (χ1) is 16.8. The summed E-state index contributed by atoms with van der Waals surface area (Å²) in [7, 11) is 0. The second kappa shape index (κ2) is 9.57. The molecular formula is C28H28ClFN2O3. The number of nitrogens with one attached hydrogen (secondary N) is 1. The number of hydrogen-bond donors (Lipinski definition) is 1. The number of rotatable bonds is 1. The number of halogens is 2. The van der Waals surface area contributed by atoms with Crippen LogP contribution in [0.1, 0.15) is 60.8 Å². The number of nitrogens with zero attached hydrogens (tertiary/aromatic N) is 1. The van der Waals surface area contributed by atoms with Gasteiger partial charge in [-0.05, 0) is 78.6 Å². The van der Waals surface area contributed by atoms with Crippen LogP contribution in [0.15, 0.2) is 36.4 Å². The lowest BCUT2D eigenvalue weighted by atomic mass is 9.96. The molecule has 7 heteroatoms. The van der Waals surface area contributed by atoms with E-state index < -0.39 is 11.9 Å². The van der Waals surface area contributed by atoms with Crippen molar-refractivity contribution in [2.24, 2.45) is 0 Å². The molecule has 1 fully saturated rings. The molecule has 0 radical (unpaired) electrons. The van der Waals surface area contributed by atoms with E-state index in [9.17, 15) is 18.8 Å². The third kappa shape index (κ3) is 4.64. The Hall–Kier alpha value is -2.99. The molecule has 4 aliphatic rings. The molecule has 1 amide bonds. The lowest BCUT2D eigenvalue weighted by molar-refractivity contribution is -0.136. The first-order valence-corrected chi connectivity index (χ1v) is 12.6. The molecule has 3 aliphatic heterocycles. The summed E-state index contributed by atoms with van der Waals surface area (Å²) in [5, 5.41) is 3.42. The Labute approximate surface area is 209 Å². The van der Waals surface area contributed by atoms with Gasteiger partial charge in [-0.15, -0.1) is 0 Å². The van der Waals surface area contributed by atoms with Gasteiger partial charge in [-0.25, -0.2) is 4.39 Å². The smallest absolute Gasteiger partial charge is 0.227 e. The Bertz CT molecular complexity index is 1260. The van der Waals surface area contributed by atoms with Crippen LogP contribution in [0.4, 0.5) is 10.1 Å². The van der Waals surface area contributed by atoms with E-state index in [1.54, 1.807) is 24.0 Å². The van der Waals surface area contributed by atoms with E-state index in [4.69, 9.17) is 11.6 Å². The normalized spacial score (nSPS) is 22.4. The van der Waals surface area contributed by atoms with E-state index >= 15 is 0 Å². The van der Waals surface area contributed by atoms with Crippen LogP contribution >= 0.6 is 11.6 Å². The molecule has 6 rings (SSSR count). The third-order valence-electron chi connectivity index (χ3n) is 7.32. The van der Waals surface area contributed by atoms with Crippen LogP contribution in [0.2, 0.25) is 5.02 Å². The van der Waals surface area contributed by atoms with E-state index in [0.717, 1.165) is 40.8 Å². The minimum atomic E-state index is -0.570. The molecule has 3 heterocycles. The van der Waals surface area contributed by atoms with Gasteiger partial charge < -0.3 is 10.2 Å². The number of amides is 1. The van der Waals surface area contributed by atoms with Crippen molar-refractivity contribution in [2.75, 3.05) is 18.4 Å². The molecule has 0 aromatic heterocycles. The van der Waals surface area contributed by atoms with Crippen molar-refractivity contribution in [2.45, 2.75) is 57.4 Å². The van der Waals surface area contributed by atoms with Crippen molar-refractivity contribution in [3.8, 4) is 0 Å². The second-order valence-electron chi connectivity index (χ2n) is 9.73. The Morgan fingerprint density at radius 1 is 1.14 bits per heavy atom. The number of anilines is 1. The lowest BCUT2D eigenvalue weighted by Crippen LogP contribution is -2.41. The summed E-state index contributed by atoms with van der Waals surface area (Å²) in [5.41, 5.74) is 4.73. The van der Waals surface area contributed by atoms with E-state index in [-0.39, 0.29) is 46.8 Å². The number of benzene rings is 2. The van der Waals surface area contributed by atoms with E-state index in [2.05, 4.69) is 5.32 Å². The summed E-state index contributed by atoms with van der Waals surface area (Å²) in [5.74, 6) is -1.22. The number of carbonyl (C=O) groups is 3. The van der Waals surface area contributed by atoms with Crippen LogP contribution in [-0.2, 0) is 27.2 Å². The standard InChI is InChI=1S/C28H28ClFN2O3/c1-16(33)22-12-18-14-27(35)32-9-3-5-25(32)26(34)13-19-10-17(11-24(29)28(19)30)4-2-8-31-20-6-7-21(18)23(22)15-20/h6-7,10-12,15,22,25,31H,2-5,8-9,13-14H2,1H3/t22?,25-/m0/s1. The quantitative estimate of drug-likeness (QED) is 0.599. The maximum atomic E-state index is 14.8. The highest BCUT2D eigenvalue weighted by molar-refractivity contribution is 6.30. The van der Waals surface area contributed by atoms with Gasteiger partial charge in [0.2, 0.25) is 5.91 Å². The zero-order valence-electron chi connectivity index (χ0n) is 19.7. The maximum Gasteiger partial charge on any atom is 0.227 e. The number of fused-ring (bicyclic) bond motifs is 6. The third-order valence-corrected chi connectivity index (χ3v) is 7.60. The Morgan fingerprint density at radius 3 is 2.77 bits per heavy atom. The summed E-state index contributed by atoms with van der Waals surface area (Å²) >= 11 is 6.16. The minimum absolute atomic E-state index is 0.0168. The molecule has 1 unspecified atom stereocenters. The van der Waals surface area contributed by atoms with Crippen LogP contribution in [0.5, 0.6) is 0 Å². The predicted octanol–water partition coefficient (Wildman–Crippen LogP) is 5.10. The monoisotopic (exact) mass is 494 g/mol. The minimum Gasteiger partial charge on any atom is -0.385 e. The fourth-order valence-electron chi connectivity index (χ4n) is 5.57. The van der Waals surface area contributed by atoms with Crippen LogP contribution in [0.25, 0.3) is 5.57 Å². The SMILES string of the molecule is CC(=O)C1C=C2CC(=O)N3CCC[C@H]3C(=O)Cc3cc(cc(Cl)c3F)CCCNc3ccc2c1c3. The fourth-order valence-corrected chi connectivity index (χ4v) is 5.83. The fraction of sp³-hybridized carbons (Fsp3) is 0.393. The van der Waals surface area contributed by atoms with Crippen molar-refractivity contribution in [1.29, 1.82) is 0 Å². The zero-order chi connectivity index (χ0) is 24.7. The molecule has 1 aliphatic carbocycles. The van der Waals surface area contributed by atoms with Crippen LogP contribution in [-0.4, -0.2) is 41.5 Å². The van der Waals surface area contributed by atoms with E-state index in [1.165, 1.54) is 0 Å². The van der Waals surface area contributed by atoms with Crippen molar-refractivity contribution in [3.05, 3.63) is 69.5 Å². The molecule has 2 atom stereocenters. The number of ketones is 2. The van der Waals surface area contributed by atoms with Gasteiger partial charge in [0.25, 0.3) is 0 Å². The van der Waals surface area contributed by atoms with Crippen LogP contribution < -0.4 is 5.32 Å². The van der Waals surface area contributed by atoms with E-state index in [0.29, 0.717) is 25.9 Å². The van der Waals surface area contributed by atoms with Gasteiger partial charge in [0.1, 0.15) is 11.6 Å². The van der Waals surface area contributed by atoms with Gasteiger partial charge in [0.05, 0.1) is 23.4 Å². The number of aryl methyl sites for hydroxylation is 1. The molecule has 1 saturated heterocycles. The highest BCUT2D eigenvalue weighted by Gasteiger charge is 2.36. The molecule has 6 bridgehead atoms. The maximum absolute atomic E-state index is 14.8. The van der Waals surface area contributed by atoms with Gasteiger partial charge in [0.15, 0.2) is 5.78 Å².